The minimum atomic E-state index is -0.334. The zero-order chi connectivity index (χ0) is 16.7. The van der Waals surface area contributed by atoms with Crippen molar-refractivity contribution in [1.82, 2.24) is 10.6 Å². The summed E-state index contributed by atoms with van der Waals surface area (Å²) in [7, 11) is 1.67. The van der Waals surface area contributed by atoms with Gasteiger partial charge in [-0.25, -0.2) is 4.39 Å². The van der Waals surface area contributed by atoms with E-state index in [0.29, 0.717) is 23.0 Å². The van der Waals surface area contributed by atoms with Gasteiger partial charge in [-0.2, -0.15) is 5.26 Å². The molecule has 2 N–H and O–H groups in total. The highest BCUT2D eigenvalue weighted by Crippen LogP contribution is 2.19. The van der Waals surface area contributed by atoms with Crippen molar-refractivity contribution in [3.05, 3.63) is 57.5 Å². The van der Waals surface area contributed by atoms with Crippen LogP contribution in [0.2, 0.25) is 0 Å². The van der Waals surface area contributed by atoms with Gasteiger partial charge in [0.05, 0.1) is 11.6 Å². The first-order valence-corrected chi connectivity index (χ1v) is 8.18. The van der Waals surface area contributed by atoms with Crippen molar-refractivity contribution in [2.75, 3.05) is 13.6 Å². The second-order valence-corrected chi connectivity index (χ2v) is 6.12. The van der Waals surface area contributed by atoms with Gasteiger partial charge >= 0.3 is 0 Å². The topological polar surface area (TPSA) is 60.2 Å². The lowest BCUT2D eigenvalue weighted by Crippen LogP contribution is -2.38. The van der Waals surface area contributed by atoms with Gasteiger partial charge in [-0.1, -0.05) is 13.0 Å². The minimum absolute atomic E-state index is 0.272. The maximum Gasteiger partial charge on any atom is 0.191 e. The Morgan fingerprint density at radius 3 is 2.87 bits per heavy atom. The Morgan fingerprint density at radius 1 is 1.39 bits per heavy atom. The standard InChI is InChI=1S/C17H19FN4S/c1-12(16-4-3-7-23-16)10-21-17(20-2)22-11-14-8-13(9-19)5-6-15(14)18/h3-8,12H,10-11H2,1-2H3,(H2,20,21,22). The van der Waals surface area contributed by atoms with E-state index < -0.39 is 0 Å². The molecule has 4 nitrogen and oxygen atoms in total. The molecule has 6 heteroatoms. The summed E-state index contributed by atoms with van der Waals surface area (Å²) in [6.45, 7) is 3.15. The Kier molecular flexibility index (Phi) is 6.12. The van der Waals surface area contributed by atoms with Gasteiger partial charge in [0.2, 0.25) is 0 Å². The smallest absolute Gasteiger partial charge is 0.191 e. The molecule has 0 saturated heterocycles. The molecule has 1 heterocycles. The minimum Gasteiger partial charge on any atom is -0.356 e. The summed E-state index contributed by atoms with van der Waals surface area (Å²) in [5.74, 6) is 0.640. The molecule has 0 amide bonds. The van der Waals surface area contributed by atoms with E-state index in [2.05, 4.69) is 34.0 Å². The normalized spacial score (nSPS) is 12.5. The van der Waals surface area contributed by atoms with Crippen LogP contribution in [0.3, 0.4) is 0 Å². The number of rotatable bonds is 5. The summed E-state index contributed by atoms with van der Waals surface area (Å²) in [6, 6.07) is 10.5. The zero-order valence-electron chi connectivity index (χ0n) is 13.1. The summed E-state index contributed by atoms with van der Waals surface area (Å²) >= 11 is 1.73. The maximum atomic E-state index is 13.8. The predicted octanol–water partition coefficient (Wildman–Crippen LogP) is 3.23. The van der Waals surface area contributed by atoms with E-state index in [0.717, 1.165) is 6.54 Å². The summed E-state index contributed by atoms with van der Waals surface area (Å²) in [4.78, 5) is 5.45. The van der Waals surface area contributed by atoms with E-state index >= 15 is 0 Å². The Hall–Kier alpha value is -2.39. The molecule has 1 aromatic carbocycles. The number of halogens is 1. The number of thiophene rings is 1. The summed E-state index contributed by atoms with van der Waals surface area (Å²) in [5.41, 5.74) is 0.885. The van der Waals surface area contributed by atoms with E-state index in [4.69, 9.17) is 5.26 Å². The first-order chi connectivity index (χ1) is 11.1. The molecule has 2 rings (SSSR count). The largest absolute Gasteiger partial charge is 0.356 e. The molecule has 0 fully saturated rings. The lowest BCUT2D eigenvalue weighted by molar-refractivity contribution is 0.603. The van der Waals surface area contributed by atoms with Crippen molar-refractivity contribution in [3.63, 3.8) is 0 Å². The van der Waals surface area contributed by atoms with Gasteiger partial charge in [-0.05, 0) is 29.6 Å². The number of nitrogens with zero attached hydrogens (tertiary/aromatic N) is 2. The summed E-state index contributed by atoms with van der Waals surface area (Å²) in [5, 5.41) is 17.2. The van der Waals surface area contributed by atoms with Crippen molar-refractivity contribution in [1.29, 1.82) is 5.26 Å². The SMILES string of the molecule is CN=C(NCc1cc(C#N)ccc1F)NCC(C)c1cccs1. The quantitative estimate of drug-likeness (QED) is 0.654. The van der Waals surface area contributed by atoms with Crippen LogP contribution >= 0.6 is 11.3 Å². The molecule has 23 heavy (non-hydrogen) atoms. The molecule has 0 radical (unpaired) electrons. The van der Waals surface area contributed by atoms with Gasteiger partial charge in [0.1, 0.15) is 5.82 Å². The molecule has 2 aromatic rings. The number of hydrogen-bond donors (Lipinski definition) is 2. The van der Waals surface area contributed by atoms with Gasteiger partial charge in [0.25, 0.3) is 0 Å². The average molecular weight is 330 g/mol. The molecule has 0 bridgehead atoms. The van der Waals surface area contributed by atoms with Crippen LogP contribution in [0.25, 0.3) is 0 Å². The Labute approximate surface area is 139 Å². The van der Waals surface area contributed by atoms with E-state index in [1.165, 1.54) is 17.0 Å². The predicted molar refractivity (Wildman–Crippen MR) is 92.1 cm³/mol. The van der Waals surface area contributed by atoms with Crippen LogP contribution in [0.4, 0.5) is 4.39 Å². The van der Waals surface area contributed by atoms with Crippen LogP contribution in [0.15, 0.2) is 40.7 Å². The molecule has 120 valence electrons. The van der Waals surface area contributed by atoms with Crippen LogP contribution in [0.5, 0.6) is 0 Å². The number of nitrogens with one attached hydrogen (secondary N) is 2. The van der Waals surface area contributed by atoms with Gasteiger partial charge in [0.15, 0.2) is 5.96 Å². The molecule has 0 aliphatic carbocycles. The monoisotopic (exact) mass is 330 g/mol. The van der Waals surface area contributed by atoms with Crippen LogP contribution in [-0.2, 0) is 6.54 Å². The number of benzene rings is 1. The van der Waals surface area contributed by atoms with Crippen molar-refractivity contribution >= 4 is 17.3 Å². The van der Waals surface area contributed by atoms with Crippen LogP contribution in [-0.4, -0.2) is 19.6 Å². The van der Waals surface area contributed by atoms with Crippen molar-refractivity contribution in [2.24, 2.45) is 4.99 Å². The third-order valence-corrected chi connectivity index (χ3v) is 4.55. The number of hydrogen-bond acceptors (Lipinski definition) is 3. The highest BCUT2D eigenvalue weighted by Gasteiger charge is 2.08. The van der Waals surface area contributed by atoms with Crippen molar-refractivity contribution < 1.29 is 4.39 Å². The average Bonchev–Trinajstić information content (AvgIpc) is 3.10. The third kappa shape index (κ3) is 4.80. The van der Waals surface area contributed by atoms with E-state index in [9.17, 15) is 4.39 Å². The first kappa shape index (κ1) is 17.0. The van der Waals surface area contributed by atoms with Gasteiger partial charge in [-0.15, -0.1) is 11.3 Å². The lowest BCUT2D eigenvalue weighted by Gasteiger charge is -2.15. The molecular formula is C17H19FN4S. The van der Waals surface area contributed by atoms with Gasteiger partial charge < -0.3 is 10.6 Å². The molecule has 1 unspecified atom stereocenters. The second kappa shape index (κ2) is 8.30. The zero-order valence-corrected chi connectivity index (χ0v) is 14.0. The van der Waals surface area contributed by atoms with Crippen molar-refractivity contribution in [2.45, 2.75) is 19.4 Å². The molecule has 1 aromatic heterocycles. The highest BCUT2D eigenvalue weighted by atomic mass is 32.1. The Bertz CT molecular complexity index is 704. The first-order valence-electron chi connectivity index (χ1n) is 7.30. The molecule has 0 aliphatic heterocycles. The number of nitriles is 1. The Balaban J connectivity index is 1.89. The molecular weight excluding hydrogens is 311 g/mol. The molecule has 0 aliphatic rings. The molecule has 0 saturated carbocycles. The number of aliphatic imine (C=N–C) groups is 1. The van der Waals surface area contributed by atoms with Crippen LogP contribution < -0.4 is 10.6 Å². The highest BCUT2D eigenvalue weighted by molar-refractivity contribution is 7.10. The van der Waals surface area contributed by atoms with Crippen molar-refractivity contribution in [3.8, 4) is 6.07 Å². The van der Waals surface area contributed by atoms with Gasteiger partial charge in [-0.3, -0.25) is 4.99 Å². The van der Waals surface area contributed by atoms with E-state index in [1.807, 2.05) is 12.1 Å². The van der Waals surface area contributed by atoms with Crippen LogP contribution in [0, 0.1) is 17.1 Å². The van der Waals surface area contributed by atoms with Gasteiger partial charge in [0, 0.05) is 36.5 Å². The maximum absolute atomic E-state index is 13.8. The molecule has 0 spiro atoms. The summed E-state index contributed by atoms with van der Waals surface area (Å²) < 4.78 is 13.8. The fraction of sp³-hybridized carbons (Fsp3) is 0.294. The second-order valence-electron chi connectivity index (χ2n) is 5.14. The van der Waals surface area contributed by atoms with Crippen LogP contribution in [0.1, 0.15) is 28.8 Å². The Morgan fingerprint density at radius 2 is 2.22 bits per heavy atom. The fourth-order valence-corrected chi connectivity index (χ4v) is 2.89. The lowest BCUT2D eigenvalue weighted by atomic mass is 10.1. The molecule has 1 atom stereocenters. The van der Waals surface area contributed by atoms with E-state index in [1.54, 1.807) is 24.5 Å². The number of guanidine groups is 1. The fourth-order valence-electron chi connectivity index (χ4n) is 2.10. The summed E-state index contributed by atoms with van der Waals surface area (Å²) in [6.07, 6.45) is 0. The van der Waals surface area contributed by atoms with E-state index in [-0.39, 0.29) is 12.4 Å². The third-order valence-electron chi connectivity index (χ3n) is 3.45.